The Balaban J connectivity index is 1.86. The van der Waals surface area contributed by atoms with Gasteiger partial charge in [-0.25, -0.2) is 15.0 Å². The molecule has 1 aliphatic carbocycles. The summed E-state index contributed by atoms with van der Waals surface area (Å²) in [5, 5.41) is 12.3. The van der Waals surface area contributed by atoms with Crippen LogP contribution in [0.25, 0.3) is 0 Å². The van der Waals surface area contributed by atoms with E-state index in [9.17, 15) is 0 Å². The van der Waals surface area contributed by atoms with Crippen molar-refractivity contribution in [2.75, 3.05) is 5.32 Å². The quantitative estimate of drug-likeness (QED) is 0.919. The molecule has 2 heterocycles. The molecule has 0 unspecified atom stereocenters. The average molecular weight is 265 g/mol. The maximum atomic E-state index is 8.91. The molecule has 1 aliphatic rings. The molecule has 100 valence electrons. The molecule has 1 atom stereocenters. The normalized spacial score (nSPS) is 15.4. The van der Waals surface area contributed by atoms with E-state index in [1.807, 2.05) is 25.1 Å². The first-order valence-electron chi connectivity index (χ1n) is 6.69. The highest BCUT2D eigenvalue weighted by atomic mass is 15.1. The zero-order valence-electron chi connectivity index (χ0n) is 11.2. The second kappa shape index (κ2) is 5.25. The van der Waals surface area contributed by atoms with Crippen LogP contribution in [-0.4, -0.2) is 15.0 Å². The predicted octanol–water partition coefficient (Wildman–Crippen LogP) is 2.61. The number of nitriles is 1. The first-order chi connectivity index (χ1) is 9.76. The summed E-state index contributed by atoms with van der Waals surface area (Å²) in [7, 11) is 0. The molecule has 5 nitrogen and oxygen atoms in total. The summed E-state index contributed by atoms with van der Waals surface area (Å²) in [6.07, 6.45) is 4.13. The largest absolute Gasteiger partial charge is 0.360 e. The number of pyridine rings is 1. The maximum Gasteiger partial charge on any atom is 0.151 e. The lowest BCUT2D eigenvalue weighted by molar-refractivity contribution is 0.628. The van der Waals surface area contributed by atoms with E-state index in [-0.39, 0.29) is 6.04 Å². The van der Waals surface area contributed by atoms with Crippen molar-refractivity contribution in [2.45, 2.75) is 25.8 Å². The van der Waals surface area contributed by atoms with Crippen LogP contribution in [0.4, 0.5) is 5.82 Å². The predicted molar refractivity (Wildman–Crippen MR) is 74.8 cm³/mol. The molecule has 0 aromatic carbocycles. The van der Waals surface area contributed by atoms with E-state index in [1.165, 1.54) is 12.8 Å². The Morgan fingerprint density at radius 1 is 1.30 bits per heavy atom. The van der Waals surface area contributed by atoms with Crippen molar-refractivity contribution in [3.05, 3.63) is 47.7 Å². The van der Waals surface area contributed by atoms with Crippen molar-refractivity contribution in [3.8, 4) is 6.07 Å². The lowest BCUT2D eigenvalue weighted by Crippen LogP contribution is -2.17. The van der Waals surface area contributed by atoms with Crippen molar-refractivity contribution >= 4 is 5.82 Å². The van der Waals surface area contributed by atoms with Gasteiger partial charge in [0.25, 0.3) is 0 Å². The summed E-state index contributed by atoms with van der Waals surface area (Å²) in [6.45, 7) is 1.96. The molecule has 0 amide bonds. The van der Waals surface area contributed by atoms with Crippen LogP contribution in [0.3, 0.4) is 0 Å². The van der Waals surface area contributed by atoms with E-state index in [4.69, 9.17) is 5.26 Å². The number of rotatable bonds is 4. The van der Waals surface area contributed by atoms with Crippen molar-refractivity contribution in [3.63, 3.8) is 0 Å². The van der Waals surface area contributed by atoms with Gasteiger partial charge in [-0.05, 0) is 43.9 Å². The zero-order chi connectivity index (χ0) is 13.9. The van der Waals surface area contributed by atoms with E-state index in [0.717, 1.165) is 11.5 Å². The van der Waals surface area contributed by atoms with Gasteiger partial charge in [0.05, 0.1) is 6.04 Å². The number of hydrogen-bond acceptors (Lipinski definition) is 5. The number of anilines is 1. The summed E-state index contributed by atoms with van der Waals surface area (Å²) < 4.78 is 0. The molecule has 0 saturated heterocycles. The van der Waals surface area contributed by atoms with Gasteiger partial charge in [-0.3, -0.25) is 0 Å². The Morgan fingerprint density at radius 2 is 2.15 bits per heavy atom. The van der Waals surface area contributed by atoms with E-state index in [2.05, 4.69) is 26.3 Å². The van der Waals surface area contributed by atoms with Crippen LogP contribution in [0.2, 0.25) is 0 Å². The number of nitrogens with zero attached hydrogens (tertiary/aromatic N) is 4. The molecule has 1 N–H and O–H groups in total. The van der Waals surface area contributed by atoms with E-state index in [1.54, 1.807) is 12.3 Å². The van der Waals surface area contributed by atoms with Crippen LogP contribution in [0.15, 0.2) is 30.5 Å². The van der Waals surface area contributed by atoms with E-state index < -0.39 is 0 Å². The van der Waals surface area contributed by atoms with Gasteiger partial charge in [0.2, 0.25) is 0 Å². The second-order valence-electron chi connectivity index (χ2n) is 5.04. The Bertz CT molecular complexity index is 657. The summed E-state index contributed by atoms with van der Waals surface area (Å²) in [5.41, 5.74) is 1.37. The van der Waals surface area contributed by atoms with E-state index in [0.29, 0.717) is 17.4 Å². The molecule has 3 rings (SSSR count). The fourth-order valence-corrected chi connectivity index (χ4v) is 2.18. The van der Waals surface area contributed by atoms with Crippen LogP contribution in [-0.2, 0) is 0 Å². The van der Waals surface area contributed by atoms with Crippen LogP contribution < -0.4 is 5.32 Å². The third-order valence-electron chi connectivity index (χ3n) is 3.35. The number of aromatic nitrogens is 3. The van der Waals surface area contributed by atoms with E-state index >= 15 is 0 Å². The molecule has 1 saturated carbocycles. The van der Waals surface area contributed by atoms with Crippen molar-refractivity contribution < 1.29 is 0 Å². The molecule has 2 aromatic heterocycles. The third kappa shape index (κ3) is 2.75. The molecule has 1 fully saturated rings. The van der Waals surface area contributed by atoms with Crippen molar-refractivity contribution in [1.29, 1.82) is 5.26 Å². The van der Waals surface area contributed by atoms with Crippen LogP contribution in [0.1, 0.15) is 36.1 Å². The Kier molecular flexibility index (Phi) is 3.30. The Hall–Kier alpha value is -2.48. The van der Waals surface area contributed by atoms with Gasteiger partial charge in [-0.2, -0.15) is 5.26 Å². The Morgan fingerprint density at radius 3 is 2.85 bits per heavy atom. The highest BCUT2D eigenvalue weighted by Crippen LogP contribution is 2.41. The third-order valence-corrected chi connectivity index (χ3v) is 3.35. The maximum absolute atomic E-state index is 8.91. The van der Waals surface area contributed by atoms with Gasteiger partial charge in [0, 0.05) is 11.9 Å². The van der Waals surface area contributed by atoms with Crippen LogP contribution >= 0.6 is 0 Å². The molecule has 20 heavy (non-hydrogen) atoms. The van der Waals surface area contributed by atoms with Gasteiger partial charge in [0.15, 0.2) is 5.82 Å². The van der Waals surface area contributed by atoms with Gasteiger partial charge in [-0.1, -0.05) is 6.07 Å². The lowest BCUT2D eigenvalue weighted by atomic mass is 10.1. The van der Waals surface area contributed by atoms with Crippen LogP contribution in [0, 0.1) is 24.2 Å². The fourth-order valence-electron chi connectivity index (χ4n) is 2.18. The first-order valence-corrected chi connectivity index (χ1v) is 6.69. The number of nitrogens with one attached hydrogen (secondary N) is 1. The minimum absolute atomic E-state index is 0.0661. The SMILES string of the molecule is Cc1ccnc([C@H](Nc2cccc(C#N)n2)C2CC2)n1. The molecule has 5 heteroatoms. The highest BCUT2D eigenvalue weighted by Gasteiger charge is 2.34. The summed E-state index contributed by atoms with van der Waals surface area (Å²) in [6, 6.07) is 9.40. The first kappa shape index (κ1) is 12.5. The molecule has 0 bridgehead atoms. The second-order valence-corrected chi connectivity index (χ2v) is 5.04. The van der Waals surface area contributed by atoms with Gasteiger partial charge in [0.1, 0.15) is 17.6 Å². The van der Waals surface area contributed by atoms with Crippen molar-refractivity contribution in [2.24, 2.45) is 5.92 Å². The smallest absolute Gasteiger partial charge is 0.151 e. The molecular weight excluding hydrogens is 250 g/mol. The summed E-state index contributed by atoms with van der Waals surface area (Å²) in [4.78, 5) is 13.1. The topological polar surface area (TPSA) is 74.5 Å². The number of hydrogen-bond donors (Lipinski definition) is 1. The lowest BCUT2D eigenvalue weighted by Gasteiger charge is -2.17. The molecule has 0 spiro atoms. The molecule has 0 aliphatic heterocycles. The molecular formula is C15H15N5. The van der Waals surface area contributed by atoms with Crippen LogP contribution in [0.5, 0.6) is 0 Å². The van der Waals surface area contributed by atoms with Gasteiger partial charge >= 0.3 is 0 Å². The highest BCUT2D eigenvalue weighted by molar-refractivity contribution is 5.40. The monoisotopic (exact) mass is 265 g/mol. The molecule has 0 radical (unpaired) electrons. The fraction of sp³-hybridized carbons (Fsp3) is 0.333. The minimum Gasteiger partial charge on any atom is -0.360 e. The minimum atomic E-state index is 0.0661. The standard InChI is InChI=1S/C15H15N5/c1-10-7-8-17-15(18-10)14(11-5-6-11)20-13-4-2-3-12(9-16)19-13/h2-4,7-8,11,14H,5-6H2,1H3,(H,19,20)/t14-/m1/s1. The summed E-state index contributed by atoms with van der Waals surface area (Å²) >= 11 is 0. The Labute approximate surface area is 117 Å². The average Bonchev–Trinajstić information content (AvgIpc) is 3.29. The van der Waals surface area contributed by atoms with Gasteiger partial charge < -0.3 is 5.32 Å². The zero-order valence-corrected chi connectivity index (χ0v) is 11.2. The molecule has 2 aromatic rings. The summed E-state index contributed by atoms with van der Waals surface area (Å²) in [5.74, 6) is 2.05. The van der Waals surface area contributed by atoms with Crippen molar-refractivity contribution in [1.82, 2.24) is 15.0 Å². The van der Waals surface area contributed by atoms with Gasteiger partial charge in [-0.15, -0.1) is 0 Å². The number of aryl methyl sites for hydroxylation is 1.